The lowest BCUT2D eigenvalue weighted by Crippen LogP contribution is -1.89. The summed E-state index contributed by atoms with van der Waals surface area (Å²) < 4.78 is 5.22. The highest BCUT2D eigenvalue weighted by Gasteiger charge is 2.09. The number of benzene rings is 1. The van der Waals surface area contributed by atoms with E-state index >= 15 is 0 Å². The minimum atomic E-state index is 0.611. The monoisotopic (exact) mass is 286 g/mol. The highest BCUT2D eigenvalue weighted by atomic mass is 32.2. The largest absolute Gasteiger partial charge is 0.338 e. The van der Waals surface area contributed by atoms with Crippen LogP contribution in [0.5, 0.6) is 0 Å². The van der Waals surface area contributed by atoms with E-state index in [2.05, 4.69) is 27.3 Å². The number of aryl methyl sites for hydroxylation is 1. The van der Waals surface area contributed by atoms with Crippen LogP contribution in [0.2, 0.25) is 0 Å². The van der Waals surface area contributed by atoms with Crippen LogP contribution in [0.4, 0.5) is 0 Å². The first-order valence-corrected chi connectivity index (χ1v) is 7.50. The van der Waals surface area contributed by atoms with E-state index in [-0.39, 0.29) is 0 Å². The molecule has 0 atom stereocenters. The number of nitrogens with zero attached hydrogens (tertiary/aromatic N) is 4. The van der Waals surface area contributed by atoms with Crippen molar-refractivity contribution in [1.29, 1.82) is 0 Å². The van der Waals surface area contributed by atoms with Gasteiger partial charge < -0.3 is 4.52 Å². The molecule has 2 heterocycles. The molecule has 0 aliphatic heterocycles. The summed E-state index contributed by atoms with van der Waals surface area (Å²) in [6.45, 7) is 2.09. The molecule has 0 aliphatic rings. The average molecular weight is 286 g/mol. The number of aromatic nitrogens is 4. The molecule has 20 heavy (non-hydrogen) atoms. The van der Waals surface area contributed by atoms with Gasteiger partial charge in [-0.3, -0.25) is 0 Å². The SMILES string of the molecule is CCCc1noc(CSc2nncc3ccccc23)n1. The van der Waals surface area contributed by atoms with Gasteiger partial charge in [-0.05, 0) is 6.42 Å². The van der Waals surface area contributed by atoms with Crippen LogP contribution < -0.4 is 0 Å². The molecule has 0 amide bonds. The van der Waals surface area contributed by atoms with Crippen LogP contribution in [0.1, 0.15) is 25.1 Å². The molecule has 0 saturated heterocycles. The van der Waals surface area contributed by atoms with Gasteiger partial charge in [0.05, 0.1) is 11.9 Å². The van der Waals surface area contributed by atoms with Crippen LogP contribution >= 0.6 is 11.8 Å². The fourth-order valence-electron chi connectivity index (χ4n) is 1.91. The second-order valence-corrected chi connectivity index (χ2v) is 5.34. The first kappa shape index (κ1) is 13.1. The van der Waals surface area contributed by atoms with Gasteiger partial charge in [0.15, 0.2) is 5.82 Å². The van der Waals surface area contributed by atoms with Gasteiger partial charge in [-0.2, -0.15) is 10.1 Å². The fraction of sp³-hybridized carbons (Fsp3) is 0.286. The predicted octanol–water partition coefficient (Wildman–Crippen LogP) is 3.26. The van der Waals surface area contributed by atoms with Crippen molar-refractivity contribution in [3.05, 3.63) is 42.2 Å². The van der Waals surface area contributed by atoms with Crippen molar-refractivity contribution in [3.63, 3.8) is 0 Å². The Balaban J connectivity index is 1.76. The molecule has 0 radical (unpaired) electrons. The number of hydrogen-bond donors (Lipinski definition) is 0. The predicted molar refractivity (Wildman–Crippen MR) is 77.4 cm³/mol. The normalized spacial score (nSPS) is 11.1. The van der Waals surface area contributed by atoms with Crippen LogP contribution in [-0.2, 0) is 12.2 Å². The Morgan fingerprint density at radius 1 is 1.25 bits per heavy atom. The lowest BCUT2D eigenvalue weighted by atomic mass is 10.2. The van der Waals surface area contributed by atoms with Gasteiger partial charge in [0.1, 0.15) is 5.03 Å². The van der Waals surface area contributed by atoms with E-state index in [0.717, 1.165) is 34.5 Å². The molecule has 3 rings (SSSR count). The molecule has 0 aliphatic carbocycles. The number of hydrogen-bond acceptors (Lipinski definition) is 6. The van der Waals surface area contributed by atoms with Crippen LogP contribution in [-0.4, -0.2) is 20.3 Å². The lowest BCUT2D eigenvalue weighted by Gasteiger charge is -2.01. The molecule has 2 aromatic heterocycles. The maximum atomic E-state index is 5.22. The lowest BCUT2D eigenvalue weighted by molar-refractivity contribution is 0.384. The zero-order valence-electron chi connectivity index (χ0n) is 11.1. The molecule has 6 heteroatoms. The van der Waals surface area contributed by atoms with Gasteiger partial charge >= 0.3 is 0 Å². The van der Waals surface area contributed by atoms with Gasteiger partial charge in [0.2, 0.25) is 5.89 Å². The topological polar surface area (TPSA) is 64.7 Å². The van der Waals surface area contributed by atoms with Crippen molar-refractivity contribution in [2.24, 2.45) is 0 Å². The van der Waals surface area contributed by atoms with E-state index in [1.54, 1.807) is 18.0 Å². The van der Waals surface area contributed by atoms with E-state index < -0.39 is 0 Å². The summed E-state index contributed by atoms with van der Waals surface area (Å²) in [5.74, 6) is 2.01. The Morgan fingerprint density at radius 2 is 2.15 bits per heavy atom. The van der Waals surface area contributed by atoms with Crippen molar-refractivity contribution >= 4 is 22.5 Å². The third kappa shape index (κ3) is 2.80. The molecule has 1 aromatic carbocycles. The van der Waals surface area contributed by atoms with Crippen molar-refractivity contribution in [1.82, 2.24) is 20.3 Å². The quantitative estimate of drug-likeness (QED) is 0.671. The molecule has 0 saturated carbocycles. The van der Waals surface area contributed by atoms with Crippen LogP contribution in [0.25, 0.3) is 10.8 Å². The standard InChI is InChI=1S/C14H14N4OS/c1-2-5-12-16-13(19-18-12)9-20-14-11-7-4-3-6-10(11)8-15-17-14/h3-4,6-8H,2,5,9H2,1H3. The van der Waals surface area contributed by atoms with Crippen molar-refractivity contribution in [2.45, 2.75) is 30.5 Å². The van der Waals surface area contributed by atoms with E-state index in [9.17, 15) is 0 Å². The molecule has 0 fully saturated rings. The summed E-state index contributed by atoms with van der Waals surface area (Å²) in [5.41, 5.74) is 0. The molecule has 0 spiro atoms. The van der Waals surface area contributed by atoms with E-state index in [4.69, 9.17) is 4.52 Å². The summed E-state index contributed by atoms with van der Waals surface area (Å²) in [6.07, 6.45) is 3.63. The molecular formula is C14H14N4OS. The van der Waals surface area contributed by atoms with Crippen molar-refractivity contribution < 1.29 is 4.52 Å². The molecule has 0 unspecified atom stereocenters. The number of fused-ring (bicyclic) bond motifs is 1. The third-order valence-electron chi connectivity index (χ3n) is 2.85. The molecule has 0 N–H and O–H groups in total. The van der Waals surface area contributed by atoms with E-state index in [1.165, 1.54) is 0 Å². The third-order valence-corrected chi connectivity index (χ3v) is 3.82. The zero-order chi connectivity index (χ0) is 13.8. The Hall–Kier alpha value is -1.95. The first-order chi connectivity index (χ1) is 9.86. The van der Waals surface area contributed by atoms with Crippen LogP contribution in [0.3, 0.4) is 0 Å². The Bertz CT molecular complexity index is 708. The Kier molecular flexibility index (Phi) is 3.92. The summed E-state index contributed by atoms with van der Waals surface area (Å²) in [7, 11) is 0. The van der Waals surface area contributed by atoms with E-state index in [1.807, 2.05) is 24.3 Å². The summed E-state index contributed by atoms with van der Waals surface area (Å²) in [4.78, 5) is 4.35. The van der Waals surface area contributed by atoms with Gasteiger partial charge in [-0.1, -0.05) is 48.1 Å². The summed E-state index contributed by atoms with van der Waals surface area (Å²) in [5, 5.41) is 15.2. The minimum Gasteiger partial charge on any atom is -0.338 e. The molecule has 0 bridgehead atoms. The Morgan fingerprint density at radius 3 is 3.05 bits per heavy atom. The van der Waals surface area contributed by atoms with Crippen molar-refractivity contribution in [2.75, 3.05) is 0 Å². The smallest absolute Gasteiger partial charge is 0.237 e. The number of thioether (sulfide) groups is 1. The zero-order valence-corrected chi connectivity index (χ0v) is 11.9. The first-order valence-electron chi connectivity index (χ1n) is 6.51. The molecular weight excluding hydrogens is 272 g/mol. The highest BCUT2D eigenvalue weighted by Crippen LogP contribution is 2.26. The van der Waals surface area contributed by atoms with Gasteiger partial charge in [-0.25, -0.2) is 0 Å². The van der Waals surface area contributed by atoms with Crippen LogP contribution in [0, 0.1) is 0 Å². The Labute approximate surface area is 120 Å². The maximum Gasteiger partial charge on any atom is 0.237 e. The second kappa shape index (κ2) is 6.00. The number of rotatable bonds is 5. The molecule has 102 valence electrons. The maximum absolute atomic E-state index is 5.22. The van der Waals surface area contributed by atoms with Crippen molar-refractivity contribution in [3.8, 4) is 0 Å². The summed E-state index contributed by atoms with van der Waals surface area (Å²) in [6, 6.07) is 8.07. The van der Waals surface area contributed by atoms with E-state index in [0.29, 0.717) is 11.6 Å². The molecule has 3 aromatic rings. The molecule has 5 nitrogen and oxygen atoms in total. The second-order valence-electron chi connectivity index (χ2n) is 4.38. The van der Waals surface area contributed by atoms with Gasteiger partial charge in [0, 0.05) is 17.2 Å². The summed E-state index contributed by atoms with van der Waals surface area (Å²) >= 11 is 1.56. The minimum absolute atomic E-state index is 0.611. The van der Waals surface area contributed by atoms with Crippen LogP contribution in [0.15, 0.2) is 40.0 Å². The van der Waals surface area contributed by atoms with Gasteiger partial charge in [0.25, 0.3) is 0 Å². The van der Waals surface area contributed by atoms with Gasteiger partial charge in [-0.15, -0.1) is 5.10 Å². The highest BCUT2D eigenvalue weighted by molar-refractivity contribution is 7.98. The average Bonchev–Trinajstić information content (AvgIpc) is 2.93. The fourth-order valence-corrected chi connectivity index (χ4v) is 2.74.